The maximum Gasteiger partial charge on any atom is 0.471 e. The predicted octanol–water partition coefficient (Wildman–Crippen LogP) is 0.108. The third kappa shape index (κ3) is 1.88. The molecule has 12 heavy (non-hydrogen) atoms. The second-order valence-electron chi connectivity index (χ2n) is 2.80. The molecule has 70 valence electrons. The Labute approximate surface area is 67.3 Å². The number of nitrogens with zero attached hydrogens (tertiary/aromatic N) is 1. The van der Waals surface area contributed by atoms with Gasteiger partial charge in [0.15, 0.2) is 0 Å². The van der Waals surface area contributed by atoms with Crippen molar-refractivity contribution in [2.75, 3.05) is 13.1 Å². The lowest BCUT2D eigenvalue weighted by molar-refractivity contribution is -0.184. The van der Waals surface area contributed by atoms with Crippen LogP contribution in [0, 0.1) is 0 Å². The van der Waals surface area contributed by atoms with Crippen LogP contribution in [0.2, 0.25) is 0 Å². The molecule has 0 bridgehead atoms. The SMILES string of the molecule is N[C@@H]1CCN(C(=O)C(F)(F)F)C1. The van der Waals surface area contributed by atoms with Crippen LogP contribution in [0.25, 0.3) is 0 Å². The number of carbonyl (C=O) groups is 1. The summed E-state index contributed by atoms with van der Waals surface area (Å²) in [7, 11) is 0. The molecule has 0 aromatic rings. The first-order valence-corrected chi connectivity index (χ1v) is 3.53. The minimum Gasteiger partial charge on any atom is -0.333 e. The Morgan fingerprint density at radius 2 is 2.08 bits per heavy atom. The number of likely N-dealkylation sites (tertiary alicyclic amines) is 1. The Bertz CT molecular complexity index is 192. The molecule has 0 spiro atoms. The van der Waals surface area contributed by atoms with Crippen LogP contribution in [-0.4, -0.2) is 36.1 Å². The first-order valence-electron chi connectivity index (χ1n) is 3.53. The topological polar surface area (TPSA) is 46.3 Å². The molecule has 1 heterocycles. The smallest absolute Gasteiger partial charge is 0.333 e. The average molecular weight is 182 g/mol. The van der Waals surface area contributed by atoms with Gasteiger partial charge in [-0.05, 0) is 6.42 Å². The largest absolute Gasteiger partial charge is 0.471 e. The Balaban J connectivity index is 2.55. The Morgan fingerprint density at radius 1 is 1.50 bits per heavy atom. The van der Waals surface area contributed by atoms with E-state index in [1.165, 1.54) is 0 Å². The molecule has 1 aliphatic heterocycles. The van der Waals surface area contributed by atoms with Crippen LogP contribution in [-0.2, 0) is 4.79 Å². The van der Waals surface area contributed by atoms with Crippen molar-refractivity contribution in [3.8, 4) is 0 Å². The van der Waals surface area contributed by atoms with Crippen molar-refractivity contribution in [1.82, 2.24) is 4.90 Å². The molecule has 3 nitrogen and oxygen atoms in total. The fraction of sp³-hybridized carbons (Fsp3) is 0.833. The normalized spacial score (nSPS) is 24.7. The van der Waals surface area contributed by atoms with Gasteiger partial charge in [0, 0.05) is 19.1 Å². The predicted molar refractivity (Wildman–Crippen MR) is 35.2 cm³/mol. The summed E-state index contributed by atoms with van der Waals surface area (Å²) in [5, 5.41) is 0. The van der Waals surface area contributed by atoms with Gasteiger partial charge in [0.05, 0.1) is 0 Å². The third-order valence-corrected chi connectivity index (χ3v) is 1.75. The lowest BCUT2D eigenvalue weighted by Gasteiger charge is -2.16. The van der Waals surface area contributed by atoms with Crippen LogP contribution in [0.3, 0.4) is 0 Å². The molecule has 1 rings (SSSR count). The van der Waals surface area contributed by atoms with Gasteiger partial charge in [-0.3, -0.25) is 4.79 Å². The lowest BCUT2D eigenvalue weighted by Crippen LogP contribution is -2.40. The van der Waals surface area contributed by atoms with Gasteiger partial charge in [-0.25, -0.2) is 0 Å². The second-order valence-corrected chi connectivity index (χ2v) is 2.80. The van der Waals surface area contributed by atoms with Crippen molar-refractivity contribution in [1.29, 1.82) is 0 Å². The number of halogens is 3. The maximum absolute atomic E-state index is 11.8. The van der Waals surface area contributed by atoms with Crippen molar-refractivity contribution in [2.45, 2.75) is 18.6 Å². The molecule has 0 aromatic carbocycles. The molecule has 1 fully saturated rings. The van der Waals surface area contributed by atoms with Gasteiger partial charge in [0.1, 0.15) is 0 Å². The highest BCUT2D eigenvalue weighted by atomic mass is 19.4. The van der Waals surface area contributed by atoms with Crippen LogP contribution in [0.4, 0.5) is 13.2 Å². The van der Waals surface area contributed by atoms with Crippen molar-refractivity contribution in [2.24, 2.45) is 5.73 Å². The van der Waals surface area contributed by atoms with Gasteiger partial charge in [0.2, 0.25) is 0 Å². The fourth-order valence-corrected chi connectivity index (χ4v) is 1.15. The molecule has 1 atom stereocenters. The van der Waals surface area contributed by atoms with E-state index in [0.29, 0.717) is 6.42 Å². The summed E-state index contributed by atoms with van der Waals surface area (Å²) in [4.78, 5) is 11.3. The highest BCUT2D eigenvalue weighted by Gasteiger charge is 2.43. The molecular weight excluding hydrogens is 173 g/mol. The Hall–Kier alpha value is -0.780. The quantitative estimate of drug-likeness (QED) is 0.577. The number of amides is 1. The summed E-state index contributed by atoms with van der Waals surface area (Å²) >= 11 is 0. The molecule has 0 aromatic heterocycles. The van der Waals surface area contributed by atoms with E-state index in [1.807, 2.05) is 0 Å². The summed E-state index contributed by atoms with van der Waals surface area (Å²) in [6, 6.07) is -0.309. The molecule has 1 saturated heterocycles. The van der Waals surface area contributed by atoms with Crippen molar-refractivity contribution in [3.63, 3.8) is 0 Å². The molecule has 6 heteroatoms. The monoisotopic (exact) mass is 182 g/mol. The molecule has 0 unspecified atom stereocenters. The number of alkyl halides is 3. The van der Waals surface area contributed by atoms with E-state index >= 15 is 0 Å². The van der Waals surface area contributed by atoms with E-state index < -0.39 is 12.1 Å². The minimum absolute atomic E-state index is 0.0122. The Morgan fingerprint density at radius 3 is 2.42 bits per heavy atom. The average Bonchev–Trinajstić information content (AvgIpc) is 2.32. The van der Waals surface area contributed by atoms with Gasteiger partial charge < -0.3 is 10.6 Å². The highest BCUT2D eigenvalue weighted by molar-refractivity contribution is 5.82. The number of hydrogen-bond acceptors (Lipinski definition) is 2. The van der Waals surface area contributed by atoms with Gasteiger partial charge >= 0.3 is 12.1 Å². The summed E-state index contributed by atoms with van der Waals surface area (Å²) in [5.41, 5.74) is 5.34. The van der Waals surface area contributed by atoms with Gasteiger partial charge in [-0.2, -0.15) is 13.2 Å². The van der Waals surface area contributed by atoms with Crippen LogP contribution in [0.1, 0.15) is 6.42 Å². The number of nitrogens with two attached hydrogens (primary N) is 1. The lowest BCUT2D eigenvalue weighted by atomic mass is 10.3. The van der Waals surface area contributed by atoms with E-state index in [9.17, 15) is 18.0 Å². The standard InChI is InChI=1S/C6H9F3N2O/c7-6(8,9)5(12)11-2-1-4(10)3-11/h4H,1-3,10H2/t4-/m1/s1. The fourth-order valence-electron chi connectivity index (χ4n) is 1.15. The summed E-state index contributed by atoms with van der Waals surface area (Å²) in [6.07, 6.45) is -4.31. The van der Waals surface area contributed by atoms with Crippen LogP contribution in [0.5, 0.6) is 0 Å². The molecule has 1 amide bonds. The maximum atomic E-state index is 11.8. The van der Waals surface area contributed by atoms with Crippen LogP contribution in [0.15, 0.2) is 0 Å². The van der Waals surface area contributed by atoms with E-state index in [2.05, 4.69) is 0 Å². The van der Waals surface area contributed by atoms with E-state index in [0.717, 1.165) is 4.90 Å². The highest BCUT2D eigenvalue weighted by Crippen LogP contribution is 2.20. The Kier molecular flexibility index (Phi) is 2.27. The van der Waals surface area contributed by atoms with Crippen LogP contribution >= 0.6 is 0 Å². The molecule has 2 N–H and O–H groups in total. The number of carbonyl (C=O) groups excluding carboxylic acids is 1. The zero-order valence-corrected chi connectivity index (χ0v) is 6.27. The van der Waals surface area contributed by atoms with Crippen LogP contribution < -0.4 is 5.73 Å². The van der Waals surface area contributed by atoms with Crippen molar-refractivity contribution in [3.05, 3.63) is 0 Å². The third-order valence-electron chi connectivity index (χ3n) is 1.75. The summed E-state index contributed by atoms with van der Waals surface area (Å²) in [6.45, 7) is 0.123. The molecule has 0 aliphatic carbocycles. The number of hydrogen-bond donors (Lipinski definition) is 1. The first-order chi connectivity index (χ1) is 5.41. The van der Waals surface area contributed by atoms with E-state index in [4.69, 9.17) is 5.73 Å². The molecule has 0 saturated carbocycles. The molecule has 1 aliphatic rings. The zero-order valence-electron chi connectivity index (χ0n) is 6.27. The molecule has 0 radical (unpaired) electrons. The summed E-state index contributed by atoms with van der Waals surface area (Å²) < 4.78 is 35.4. The minimum atomic E-state index is -4.76. The zero-order chi connectivity index (χ0) is 9.35. The summed E-state index contributed by atoms with van der Waals surface area (Å²) in [5.74, 6) is -1.78. The number of rotatable bonds is 0. The van der Waals surface area contributed by atoms with Gasteiger partial charge in [-0.15, -0.1) is 0 Å². The van der Waals surface area contributed by atoms with Crippen molar-refractivity contribution >= 4 is 5.91 Å². The van der Waals surface area contributed by atoms with E-state index in [-0.39, 0.29) is 19.1 Å². The van der Waals surface area contributed by atoms with Crippen molar-refractivity contribution < 1.29 is 18.0 Å². The first kappa shape index (κ1) is 9.31. The van der Waals surface area contributed by atoms with E-state index in [1.54, 1.807) is 0 Å². The van der Waals surface area contributed by atoms with Gasteiger partial charge in [0.25, 0.3) is 0 Å². The molecular formula is C6H9F3N2O. The second kappa shape index (κ2) is 2.93. The van der Waals surface area contributed by atoms with Gasteiger partial charge in [-0.1, -0.05) is 0 Å².